The third-order valence-corrected chi connectivity index (χ3v) is 3.79. The van der Waals surface area contributed by atoms with Crippen LogP contribution in [0.5, 0.6) is 0 Å². The monoisotopic (exact) mass is 312 g/mol. The molecule has 0 spiro atoms. The fourth-order valence-electron chi connectivity index (χ4n) is 1.97. The summed E-state index contributed by atoms with van der Waals surface area (Å²) < 4.78 is 1.02. The molecule has 1 atom stereocenters. The van der Waals surface area contributed by atoms with Gasteiger partial charge in [-0.2, -0.15) is 0 Å². The molecule has 0 aliphatic rings. The summed E-state index contributed by atoms with van der Waals surface area (Å²) in [5.74, 6) is -0.277. The number of primary amides is 1. The van der Waals surface area contributed by atoms with Gasteiger partial charge in [-0.15, -0.1) is 0 Å². The lowest BCUT2D eigenvalue weighted by atomic mass is 9.88. The Kier molecular flexibility index (Phi) is 5.66. The van der Waals surface area contributed by atoms with Crippen molar-refractivity contribution in [2.24, 2.45) is 5.73 Å². The fraction of sp³-hybridized carbons (Fsp3) is 0.500. The van der Waals surface area contributed by atoms with Crippen molar-refractivity contribution in [1.29, 1.82) is 0 Å². The Labute approximate surface area is 117 Å². The topological polar surface area (TPSA) is 55.1 Å². The van der Waals surface area contributed by atoms with Crippen LogP contribution in [-0.2, 0) is 4.79 Å². The van der Waals surface area contributed by atoms with E-state index in [1.807, 2.05) is 31.2 Å². The minimum Gasteiger partial charge on any atom is -0.371 e. The van der Waals surface area contributed by atoms with Crippen molar-refractivity contribution in [3.63, 3.8) is 0 Å². The van der Waals surface area contributed by atoms with Gasteiger partial charge in [-0.25, -0.2) is 0 Å². The molecular formula is C14H21BrN2O. The SMILES string of the molecule is CCCCC(CC)(Nc1ccc(Br)cc1)C(N)=O. The second-order valence-electron chi connectivity index (χ2n) is 4.54. The lowest BCUT2D eigenvalue weighted by Gasteiger charge is -2.31. The van der Waals surface area contributed by atoms with Crippen molar-refractivity contribution < 1.29 is 4.79 Å². The summed E-state index contributed by atoms with van der Waals surface area (Å²) in [5, 5.41) is 3.31. The molecule has 3 N–H and O–H groups in total. The number of benzene rings is 1. The van der Waals surface area contributed by atoms with E-state index >= 15 is 0 Å². The zero-order valence-corrected chi connectivity index (χ0v) is 12.6. The molecular weight excluding hydrogens is 292 g/mol. The van der Waals surface area contributed by atoms with E-state index in [0.29, 0.717) is 6.42 Å². The first kappa shape index (κ1) is 15.0. The number of nitrogens with one attached hydrogen (secondary N) is 1. The quantitative estimate of drug-likeness (QED) is 0.806. The van der Waals surface area contributed by atoms with Crippen molar-refractivity contribution in [1.82, 2.24) is 0 Å². The Morgan fingerprint density at radius 3 is 2.39 bits per heavy atom. The molecule has 0 aliphatic heterocycles. The summed E-state index contributed by atoms with van der Waals surface area (Å²) in [7, 11) is 0. The first-order valence-corrected chi connectivity index (χ1v) is 7.17. The summed E-state index contributed by atoms with van der Waals surface area (Å²) in [5.41, 5.74) is 5.88. The van der Waals surface area contributed by atoms with E-state index in [1.165, 1.54) is 0 Å². The minimum absolute atomic E-state index is 0.277. The second-order valence-corrected chi connectivity index (χ2v) is 5.45. The molecule has 3 nitrogen and oxygen atoms in total. The molecule has 0 saturated carbocycles. The number of nitrogens with two attached hydrogens (primary N) is 1. The molecule has 1 rings (SSSR count). The van der Waals surface area contributed by atoms with Crippen molar-refractivity contribution in [3.8, 4) is 0 Å². The maximum atomic E-state index is 11.8. The molecule has 0 aliphatic carbocycles. The van der Waals surface area contributed by atoms with Crippen LogP contribution in [0, 0.1) is 0 Å². The molecule has 4 heteroatoms. The molecule has 1 aromatic carbocycles. The zero-order chi connectivity index (χ0) is 13.6. The van der Waals surface area contributed by atoms with Crippen molar-refractivity contribution in [2.45, 2.75) is 45.1 Å². The van der Waals surface area contributed by atoms with E-state index in [0.717, 1.165) is 29.4 Å². The maximum absolute atomic E-state index is 11.8. The number of halogens is 1. The number of carbonyl (C=O) groups is 1. The highest BCUT2D eigenvalue weighted by Crippen LogP contribution is 2.25. The standard InChI is InChI=1S/C14H21BrN2O/c1-3-5-10-14(4-2,13(16)18)17-12-8-6-11(15)7-9-12/h6-9,17H,3-5,10H2,1-2H3,(H2,16,18). The highest BCUT2D eigenvalue weighted by molar-refractivity contribution is 9.10. The van der Waals surface area contributed by atoms with Crippen molar-refractivity contribution >= 4 is 27.5 Å². The number of amides is 1. The number of rotatable bonds is 7. The van der Waals surface area contributed by atoms with Gasteiger partial charge in [0.15, 0.2) is 0 Å². The van der Waals surface area contributed by atoms with E-state index in [9.17, 15) is 4.79 Å². The van der Waals surface area contributed by atoms with Crippen LogP contribution < -0.4 is 11.1 Å². The van der Waals surface area contributed by atoms with Gasteiger partial charge in [-0.3, -0.25) is 4.79 Å². The van der Waals surface area contributed by atoms with Crippen LogP contribution in [0.1, 0.15) is 39.5 Å². The molecule has 18 heavy (non-hydrogen) atoms. The molecule has 0 saturated heterocycles. The van der Waals surface area contributed by atoms with E-state index < -0.39 is 5.54 Å². The van der Waals surface area contributed by atoms with Crippen LogP contribution >= 0.6 is 15.9 Å². The molecule has 0 radical (unpaired) electrons. The third-order valence-electron chi connectivity index (χ3n) is 3.26. The fourth-order valence-corrected chi connectivity index (χ4v) is 2.24. The number of hydrogen-bond donors (Lipinski definition) is 2. The number of hydrogen-bond acceptors (Lipinski definition) is 2. The normalized spacial score (nSPS) is 13.9. The smallest absolute Gasteiger partial charge is 0.243 e. The van der Waals surface area contributed by atoms with Gasteiger partial charge in [-0.05, 0) is 37.1 Å². The van der Waals surface area contributed by atoms with Crippen molar-refractivity contribution in [2.75, 3.05) is 5.32 Å². The maximum Gasteiger partial charge on any atom is 0.243 e. The molecule has 0 aromatic heterocycles. The van der Waals surface area contributed by atoms with Gasteiger partial charge in [0.1, 0.15) is 5.54 Å². The summed E-state index contributed by atoms with van der Waals surface area (Å²) in [6.45, 7) is 4.10. The van der Waals surface area contributed by atoms with Gasteiger partial charge in [0.25, 0.3) is 0 Å². The molecule has 1 aromatic rings. The Morgan fingerprint density at radius 1 is 1.33 bits per heavy atom. The van der Waals surface area contributed by atoms with Gasteiger partial charge in [-0.1, -0.05) is 42.6 Å². The first-order chi connectivity index (χ1) is 8.54. The van der Waals surface area contributed by atoms with Gasteiger partial charge >= 0.3 is 0 Å². The average Bonchev–Trinajstić information content (AvgIpc) is 2.36. The Bertz CT molecular complexity index is 391. The summed E-state index contributed by atoms with van der Waals surface area (Å²) in [6, 6.07) is 7.79. The molecule has 1 unspecified atom stereocenters. The third kappa shape index (κ3) is 3.73. The van der Waals surface area contributed by atoms with Crippen LogP contribution in [0.3, 0.4) is 0 Å². The lowest BCUT2D eigenvalue weighted by Crippen LogP contribution is -2.50. The van der Waals surface area contributed by atoms with Crippen LogP contribution in [-0.4, -0.2) is 11.4 Å². The van der Waals surface area contributed by atoms with E-state index in [4.69, 9.17) is 5.73 Å². The lowest BCUT2D eigenvalue weighted by molar-refractivity contribution is -0.122. The second kappa shape index (κ2) is 6.78. The summed E-state index contributed by atoms with van der Waals surface area (Å²) in [6.07, 6.45) is 3.50. The Morgan fingerprint density at radius 2 is 1.94 bits per heavy atom. The average molecular weight is 313 g/mol. The Hall–Kier alpha value is -1.03. The van der Waals surface area contributed by atoms with E-state index in [1.54, 1.807) is 0 Å². The van der Waals surface area contributed by atoms with Crippen LogP contribution in [0.2, 0.25) is 0 Å². The van der Waals surface area contributed by atoms with Crippen molar-refractivity contribution in [3.05, 3.63) is 28.7 Å². The van der Waals surface area contributed by atoms with Crippen LogP contribution in [0.15, 0.2) is 28.7 Å². The highest BCUT2D eigenvalue weighted by Gasteiger charge is 2.33. The molecule has 0 heterocycles. The van der Waals surface area contributed by atoms with Crippen LogP contribution in [0.4, 0.5) is 5.69 Å². The Balaban J connectivity index is 2.89. The predicted molar refractivity (Wildman–Crippen MR) is 79.5 cm³/mol. The predicted octanol–water partition coefficient (Wildman–Crippen LogP) is 3.69. The van der Waals surface area contributed by atoms with Gasteiger partial charge in [0.2, 0.25) is 5.91 Å². The zero-order valence-electron chi connectivity index (χ0n) is 11.0. The van der Waals surface area contributed by atoms with Gasteiger partial charge in [0, 0.05) is 10.2 Å². The van der Waals surface area contributed by atoms with E-state index in [2.05, 4.69) is 28.2 Å². The molecule has 0 fully saturated rings. The molecule has 100 valence electrons. The van der Waals surface area contributed by atoms with E-state index in [-0.39, 0.29) is 5.91 Å². The van der Waals surface area contributed by atoms with Gasteiger partial charge in [0.05, 0.1) is 0 Å². The summed E-state index contributed by atoms with van der Waals surface area (Å²) >= 11 is 3.39. The van der Waals surface area contributed by atoms with Gasteiger partial charge < -0.3 is 11.1 Å². The highest BCUT2D eigenvalue weighted by atomic mass is 79.9. The number of unbranched alkanes of at least 4 members (excludes halogenated alkanes) is 1. The molecule has 1 amide bonds. The number of anilines is 1. The van der Waals surface area contributed by atoms with Crippen LogP contribution in [0.25, 0.3) is 0 Å². The first-order valence-electron chi connectivity index (χ1n) is 6.37. The molecule has 0 bridgehead atoms. The minimum atomic E-state index is -0.635. The largest absolute Gasteiger partial charge is 0.371 e. The summed E-state index contributed by atoms with van der Waals surface area (Å²) in [4.78, 5) is 11.8. The number of carbonyl (C=O) groups excluding carboxylic acids is 1.